The Morgan fingerprint density at radius 1 is 1.14 bits per heavy atom. The SMILES string of the molecule is COc1ccc(-c2ccccc2CC(N)C(=O)O)cc1OC. The molecule has 0 aliphatic heterocycles. The molecule has 116 valence electrons. The fraction of sp³-hybridized carbons (Fsp3) is 0.235. The zero-order valence-corrected chi connectivity index (χ0v) is 12.6. The average molecular weight is 301 g/mol. The van der Waals surface area contributed by atoms with Gasteiger partial charge in [-0.25, -0.2) is 0 Å². The van der Waals surface area contributed by atoms with Crippen LogP contribution in [0.3, 0.4) is 0 Å². The highest BCUT2D eigenvalue weighted by Gasteiger charge is 2.15. The highest BCUT2D eigenvalue weighted by Crippen LogP contribution is 2.33. The van der Waals surface area contributed by atoms with E-state index in [0.717, 1.165) is 16.7 Å². The van der Waals surface area contributed by atoms with Crippen LogP contribution in [0.25, 0.3) is 11.1 Å². The van der Waals surface area contributed by atoms with Gasteiger partial charge in [-0.1, -0.05) is 30.3 Å². The Balaban J connectivity index is 2.42. The molecule has 0 bridgehead atoms. The maximum absolute atomic E-state index is 11.0. The molecule has 0 heterocycles. The highest BCUT2D eigenvalue weighted by atomic mass is 16.5. The average Bonchev–Trinajstić information content (AvgIpc) is 2.54. The van der Waals surface area contributed by atoms with E-state index in [0.29, 0.717) is 11.5 Å². The second kappa shape index (κ2) is 6.95. The predicted molar refractivity (Wildman–Crippen MR) is 84.3 cm³/mol. The summed E-state index contributed by atoms with van der Waals surface area (Å²) < 4.78 is 10.5. The van der Waals surface area contributed by atoms with Gasteiger partial charge in [0.2, 0.25) is 0 Å². The topological polar surface area (TPSA) is 81.8 Å². The third-order valence-corrected chi connectivity index (χ3v) is 3.47. The van der Waals surface area contributed by atoms with Crippen LogP contribution >= 0.6 is 0 Å². The number of methoxy groups -OCH3 is 2. The maximum atomic E-state index is 11.0. The van der Waals surface area contributed by atoms with Gasteiger partial charge in [0.25, 0.3) is 0 Å². The number of carbonyl (C=O) groups is 1. The number of nitrogens with two attached hydrogens (primary N) is 1. The van der Waals surface area contributed by atoms with E-state index < -0.39 is 12.0 Å². The standard InChI is InChI=1S/C17H19NO4/c1-21-15-8-7-12(10-16(15)22-2)13-6-4-3-5-11(13)9-14(18)17(19)20/h3-8,10,14H,9,18H2,1-2H3,(H,19,20). The molecule has 0 radical (unpaired) electrons. The van der Waals surface area contributed by atoms with Gasteiger partial charge in [-0.3, -0.25) is 4.79 Å². The van der Waals surface area contributed by atoms with Gasteiger partial charge in [0.1, 0.15) is 6.04 Å². The quantitative estimate of drug-likeness (QED) is 0.855. The third-order valence-electron chi connectivity index (χ3n) is 3.47. The first-order valence-corrected chi connectivity index (χ1v) is 6.85. The van der Waals surface area contributed by atoms with Crippen molar-refractivity contribution in [3.63, 3.8) is 0 Å². The van der Waals surface area contributed by atoms with Crippen LogP contribution in [-0.2, 0) is 11.2 Å². The molecule has 0 spiro atoms. The monoisotopic (exact) mass is 301 g/mol. The lowest BCUT2D eigenvalue weighted by molar-refractivity contribution is -0.138. The lowest BCUT2D eigenvalue weighted by Crippen LogP contribution is -2.32. The molecule has 0 fully saturated rings. The van der Waals surface area contributed by atoms with Gasteiger partial charge in [-0.15, -0.1) is 0 Å². The van der Waals surface area contributed by atoms with Gasteiger partial charge in [-0.2, -0.15) is 0 Å². The third kappa shape index (κ3) is 3.38. The number of aliphatic carboxylic acids is 1. The molecule has 0 amide bonds. The molecule has 22 heavy (non-hydrogen) atoms. The van der Waals surface area contributed by atoms with Crippen LogP contribution in [0.4, 0.5) is 0 Å². The Bertz CT molecular complexity index is 669. The number of carboxylic acids is 1. The minimum Gasteiger partial charge on any atom is -0.493 e. The molecular formula is C17H19NO4. The van der Waals surface area contributed by atoms with E-state index in [4.69, 9.17) is 20.3 Å². The summed E-state index contributed by atoms with van der Waals surface area (Å²) >= 11 is 0. The van der Waals surface area contributed by atoms with Crippen molar-refractivity contribution in [2.24, 2.45) is 5.73 Å². The Labute approximate surface area is 129 Å². The predicted octanol–water partition coefficient (Wildman–Crippen LogP) is 2.33. The smallest absolute Gasteiger partial charge is 0.320 e. The van der Waals surface area contributed by atoms with Crippen molar-refractivity contribution in [3.8, 4) is 22.6 Å². The molecule has 5 nitrogen and oxygen atoms in total. The van der Waals surface area contributed by atoms with Gasteiger partial charge in [0.15, 0.2) is 11.5 Å². The first-order valence-electron chi connectivity index (χ1n) is 6.85. The van der Waals surface area contributed by atoms with E-state index >= 15 is 0 Å². The van der Waals surface area contributed by atoms with Crippen molar-refractivity contribution in [2.45, 2.75) is 12.5 Å². The van der Waals surface area contributed by atoms with E-state index in [2.05, 4.69) is 0 Å². The number of carboxylic acid groups (broad SMARTS) is 1. The number of benzene rings is 2. The van der Waals surface area contributed by atoms with Gasteiger partial charge < -0.3 is 20.3 Å². The summed E-state index contributed by atoms with van der Waals surface area (Å²) in [5.41, 5.74) is 8.39. The molecule has 1 atom stereocenters. The Morgan fingerprint density at radius 3 is 2.45 bits per heavy atom. The van der Waals surface area contributed by atoms with Crippen LogP contribution in [0.5, 0.6) is 11.5 Å². The molecule has 5 heteroatoms. The normalized spacial score (nSPS) is 11.8. The fourth-order valence-corrected chi connectivity index (χ4v) is 2.31. The summed E-state index contributed by atoms with van der Waals surface area (Å²) in [5, 5.41) is 8.99. The summed E-state index contributed by atoms with van der Waals surface area (Å²) in [6, 6.07) is 12.3. The van der Waals surface area contributed by atoms with Crippen molar-refractivity contribution < 1.29 is 19.4 Å². The summed E-state index contributed by atoms with van der Waals surface area (Å²) in [5.74, 6) is 0.255. The zero-order valence-electron chi connectivity index (χ0n) is 12.6. The molecule has 1 unspecified atom stereocenters. The molecular weight excluding hydrogens is 282 g/mol. The number of rotatable bonds is 6. The van der Waals surface area contributed by atoms with E-state index in [-0.39, 0.29) is 6.42 Å². The molecule has 0 aromatic heterocycles. The molecule has 3 N–H and O–H groups in total. The van der Waals surface area contributed by atoms with Crippen molar-refractivity contribution in [1.29, 1.82) is 0 Å². The summed E-state index contributed by atoms with van der Waals surface area (Å²) in [7, 11) is 3.16. The van der Waals surface area contributed by atoms with Gasteiger partial charge >= 0.3 is 5.97 Å². The first-order chi connectivity index (χ1) is 10.6. The van der Waals surface area contributed by atoms with Crippen LogP contribution < -0.4 is 15.2 Å². The summed E-state index contributed by atoms with van der Waals surface area (Å²) in [4.78, 5) is 11.0. The maximum Gasteiger partial charge on any atom is 0.320 e. The van der Waals surface area contributed by atoms with Gasteiger partial charge in [-0.05, 0) is 35.2 Å². The van der Waals surface area contributed by atoms with Crippen molar-refractivity contribution in [3.05, 3.63) is 48.0 Å². The lowest BCUT2D eigenvalue weighted by Gasteiger charge is -2.14. The molecule has 0 aliphatic rings. The van der Waals surface area contributed by atoms with Crippen LogP contribution in [0.15, 0.2) is 42.5 Å². The minimum atomic E-state index is -1.01. The van der Waals surface area contributed by atoms with Crippen LogP contribution in [0.2, 0.25) is 0 Å². The Morgan fingerprint density at radius 2 is 1.82 bits per heavy atom. The number of hydrogen-bond acceptors (Lipinski definition) is 4. The fourth-order valence-electron chi connectivity index (χ4n) is 2.31. The van der Waals surface area contributed by atoms with E-state index in [1.807, 2.05) is 42.5 Å². The Hall–Kier alpha value is -2.53. The molecule has 2 rings (SSSR count). The van der Waals surface area contributed by atoms with Crippen LogP contribution in [0.1, 0.15) is 5.56 Å². The second-order valence-electron chi connectivity index (χ2n) is 4.88. The molecule has 0 aliphatic carbocycles. The largest absolute Gasteiger partial charge is 0.493 e. The van der Waals surface area contributed by atoms with Crippen molar-refractivity contribution in [2.75, 3.05) is 14.2 Å². The first kappa shape index (κ1) is 15.9. The van der Waals surface area contributed by atoms with E-state index in [1.54, 1.807) is 14.2 Å². The van der Waals surface area contributed by atoms with Crippen LogP contribution in [0, 0.1) is 0 Å². The molecule has 0 saturated heterocycles. The summed E-state index contributed by atoms with van der Waals surface area (Å²) in [6.07, 6.45) is 0.264. The highest BCUT2D eigenvalue weighted by molar-refractivity contribution is 5.75. The van der Waals surface area contributed by atoms with E-state index in [9.17, 15) is 4.79 Å². The number of ether oxygens (including phenoxy) is 2. The minimum absolute atomic E-state index is 0.264. The zero-order chi connectivity index (χ0) is 16.1. The van der Waals surface area contributed by atoms with Crippen LogP contribution in [-0.4, -0.2) is 31.3 Å². The Kier molecular flexibility index (Phi) is 5.01. The van der Waals surface area contributed by atoms with E-state index in [1.165, 1.54) is 0 Å². The summed E-state index contributed by atoms with van der Waals surface area (Å²) in [6.45, 7) is 0. The van der Waals surface area contributed by atoms with Gasteiger partial charge in [0.05, 0.1) is 14.2 Å². The van der Waals surface area contributed by atoms with Crippen molar-refractivity contribution in [1.82, 2.24) is 0 Å². The van der Waals surface area contributed by atoms with Gasteiger partial charge in [0, 0.05) is 0 Å². The van der Waals surface area contributed by atoms with Crippen molar-refractivity contribution >= 4 is 5.97 Å². The lowest BCUT2D eigenvalue weighted by atomic mass is 9.95. The molecule has 2 aromatic rings. The second-order valence-corrected chi connectivity index (χ2v) is 4.88. The molecule has 2 aromatic carbocycles. The molecule has 0 saturated carbocycles. The number of hydrogen-bond donors (Lipinski definition) is 2.